The molecule has 0 aliphatic carbocycles. The lowest BCUT2D eigenvalue weighted by atomic mass is 9.97. The van der Waals surface area contributed by atoms with Gasteiger partial charge in [-0.2, -0.15) is 0 Å². The summed E-state index contributed by atoms with van der Waals surface area (Å²) in [6, 6.07) is 0.413. The SMILES string of the molecule is CS(=O)(=O)NCCC(=O)N1C[C@H]2CC[C@@H](C1)NC2.Cl. The number of rotatable bonds is 4. The second-order valence-electron chi connectivity index (χ2n) is 5.26. The second-order valence-corrected chi connectivity index (χ2v) is 7.10. The molecular weight excluding hydrogens is 290 g/mol. The number of sulfonamides is 1. The lowest BCUT2D eigenvalue weighted by molar-refractivity contribution is -0.131. The Bertz CT molecular complexity index is 393. The molecule has 0 radical (unpaired) electrons. The first-order valence-electron chi connectivity index (χ1n) is 6.40. The number of nitrogens with one attached hydrogen (secondary N) is 2. The predicted molar refractivity (Wildman–Crippen MR) is 75.8 cm³/mol. The zero-order valence-corrected chi connectivity index (χ0v) is 12.7. The van der Waals surface area contributed by atoms with E-state index in [2.05, 4.69) is 10.0 Å². The quantitative estimate of drug-likeness (QED) is 0.738. The molecule has 0 aromatic heterocycles. The largest absolute Gasteiger partial charge is 0.341 e. The van der Waals surface area contributed by atoms with Crippen LogP contribution in [-0.4, -0.2) is 57.7 Å². The van der Waals surface area contributed by atoms with E-state index >= 15 is 0 Å². The number of carbonyl (C=O) groups is 1. The van der Waals surface area contributed by atoms with Crippen molar-refractivity contribution >= 4 is 28.3 Å². The summed E-state index contributed by atoms with van der Waals surface area (Å²) in [5, 5.41) is 3.44. The van der Waals surface area contributed by atoms with Gasteiger partial charge in [0.25, 0.3) is 0 Å². The van der Waals surface area contributed by atoms with Gasteiger partial charge in [-0.1, -0.05) is 0 Å². The van der Waals surface area contributed by atoms with E-state index in [9.17, 15) is 13.2 Å². The van der Waals surface area contributed by atoms with Gasteiger partial charge in [0.2, 0.25) is 15.9 Å². The Labute approximate surface area is 120 Å². The third kappa shape index (κ3) is 5.25. The third-order valence-electron chi connectivity index (χ3n) is 3.59. The van der Waals surface area contributed by atoms with Gasteiger partial charge in [-0.15, -0.1) is 12.4 Å². The van der Waals surface area contributed by atoms with Crippen LogP contribution in [0.5, 0.6) is 0 Å². The highest BCUT2D eigenvalue weighted by atomic mass is 35.5. The summed E-state index contributed by atoms with van der Waals surface area (Å²) in [5.74, 6) is 0.599. The Morgan fingerprint density at radius 2 is 2.11 bits per heavy atom. The van der Waals surface area contributed by atoms with Crippen LogP contribution in [0.15, 0.2) is 0 Å². The lowest BCUT2D eigenvalue weighted by Gasteiger charge is -2.23. The van der Waals surface area contributed by atoms with Gasteiger partial charge in [0.05, 0.1) is 6.26 Å². The molecule has 3 heterocycles. The molecule has 0 spiro atoms. The summed E-state index contributed by atoms with van der Waals surface area (Å²) in [6.45, 7) is 2.75. The van der Waals surface area contributed by atoms with E-state index in [0.29, 0.717) is 12.0 Å². The molecule has 1 amide bonds. The first-order valence-corrected chi connectivity index (χ1v) is 8.29. The number of halogens is 1. The van der Waals surface area contributed by atoms with Crippen LogP contribution in [0.25, 0.3) is 0 Å². The molecule has 2 bridgehead atoms. The maximum Gasteiger partial charge on any atom is 0.223 e. The minimum absolute atomic E-state index is 0. The summed E-state index contributed by atoms with van der Waals surface area (Å²) in [5.41, 5.74) is 0. The Balaban J connectivity index is 0.00000180. The van der Waals surface area contributed by atoms with E-state index in [0.717, 1.165) is 32.3 Å². The van der Waals surface area contributed by atoms with Crippen molar-refractivity contribution in [2.75, 3.05) is 32.4 Å². The fourth-order valence-corrected chi connectivity index (χ4v) is 3.12. The van der Waals surface area contributed by atoms with Crippen LogP contribution in [0.4, 0.5) is 0 Å². The Hall–Kier alpha value is -0.370. The van der Waals surface area contributed by atoms with Crippen molar-refractivity contribution in [3.63, 3.8) is 0 Å². The molecular formula is C11H22ClN3O3S. The van der Waals surface area contributed by atoms with Gasteiger partial charge >= 0.3 is 0 Å². The molecule has 3 rings (SSSR count). The molecule has 8 heteroatoms. The summed E-state index contributed by atoms with van der Waals surface area (Å²) >= 11 is 0. The number of carbonyl (C=O) groups excluding carboxylic acids is 1. The molecule has 3 aliphatic heterocycles. The zero-order chi connectivity index (χ0) is 13.2. The molecule has 2 N–H and O–H groups in total. The number of amides is 1. The number of hydrogen-bond donors (Lipinski definition) is 2. The molecule has 0 unspecified atom stereocenters. The highest BCUT2D eigenvalue weighted by Crippen LogP contribution is 2.21. The van der Waals surface area contributed by atoms with Crippen molar-refractivity contribution in [3.8, 4) is 0 Å². The maximum absolute atomic E-state index is 12.0. The standard InChI is InChI=1S/C11H21N3O3S.ClH/c1-18(16,17)13-5-4-11(15)14-7-9-2-3-10(8-14)12-6-9;/h9-10,12-13H,2-8H2,1H3;1H/t9-,10-;/m0./s1. The van der Waals surface area contributed by atoms with Gasteiger partial charge in [-0.05, 0) is 25.3 Å². The van der Waals surface area contributed by atoms with Crippen molar-refractivity contribution in [2.45, 2.75) is 25.3 Å². The fraction of sp³-hybridized carbons (Fsp3) is 0.909. The molecule has 19 heavy (non-hydrogen) atoms. The summed E-state index contributed by atoms with van der Waals surface area (Å²) < 4.78 is 24.2. The minimum Gasteiger partial charge on any atom is -0.341 e. The summed E-state index contributed by atoms with van der Waals surface area (Å²) in [6.07, 6.45) is 3.67. The molecule has 0 aromatic rings. The van der Waals surface area contributed by atoms with Crippen LogP contribution in [0, 0.1) is 5.92 Å². The third-order valence-corrected chi connectivity index (χ3v) is 4.32. The number of nitrogens with zero attached hydrogens (tertiary/aromatic N) is 1. The Morgan fingerprint density at radius 1 is 1.37 bits per heavy atom. The predicted octanol–water partition coefficient (Wildman–Crippen LogP) is -0.442. The number of fused-ring (bicyclic) bond motifs is 4. The normalized spacial score (nSPS) is 26.7. The van der Waals surface area contributed by atoms with Crippen molar-refractivity contribution in [2.24, 2.45) is 5.92 Å². The summed E-state index contributed by atoms with van der Waals surface area (Å²) in [4.78, 5) is 13.9. The van der Waals surface area contributed by atoms with Gasteiger partial charge in [-0.3, -0.25) is 4.79 Å². The van der Waals surface area contributed by atoms with E-state index in [-0.39, 0.29) is 31.3 Å². The average Bonchev–Trinajstić information content (AvgIpc) is 2.60. The molecule has 2 atom stereocenters. The van der Waals surface area contributed by atoms with Crippen LogP contribution in [-0.2, 0) is 14.8 Å². The van der Waals surface area contributed by atoms with E-state index in [1.165, 1.54) is 6.42 Å². The molecule has 3 saturated heterocycles. The molecule has 0 saturated carbocycles. The van der Waals surface area contributed by atoms with E-state index in [4.69, 9.17) is 0 Å². The van der Waals surface area contributed by atoms with Crippen molar-refractivity contribution in [3.05, 3.63) is 0 Å². The summed E-state index contributed by atoms with van der Waals surface area (Å²) in [7, 11) is -3.20. The van der Waals surface area contributed by atoms with Crippen LogP contribution in [0.1, 0.15) is 19.3 Å². The van der Waals surface area contributed by atoms with Crippen LogP contribution < -0.4 is 10.0 Å². The first kappa shape index (κ1) is 16.7. The van der Waals surface area contributed by atoms with Gasteiger partial charge < -0.3 is 10.2 Å². The molecule has 0 aromatic carbocycles. The van der Waals surface area contributed by atoms with Gasteiger partial charge in [-0.25, -0.2) is 13.1 Å². The first-order chi connectivity index (χ1) is 8.44. The van der Waals surface area contributed by atoms with E-state index in [1.807, 2.05) is 4.90 Å². The van der Waals surface area contributed by atoms with Crippen molar-refractivity contribution in [1.29, 1.82) is 0 Å². The molecule has 3 aliphatic rings. The monoisotopic (exact) mass is 311 g/mol. The lowest BCUT2D eigenvalue weighted by Crippen LogP contribution is -2.41. The Morgan fingerprint density at radius 3 is 2.68 bits per heavy atom. The average molecular weight is 312 g/mol. The van der Waals surface area contributed by atoms with Gasteiger partial charge in [0.1, 0.15) is 0 Å². The molecule has 3 fully saturated rings. The van der Waals surface area contributed by atoms with Crippen LogP contribution in [0.3, 0.4) is 0 Å². The number of hydrogen-bond acceptors (Lipinski definition) is 4. The highest BCUT2D eigenvalue weighted by molar-refractivity contribution is 7.88. The highest BCUT2D eigenvalue weighted by Gasteiger charge is 2.30. The minimum atomic E-state index is -3.20. The molecule has 112 valence electrons. The van der Waals surface area contributed by atoms with Gasteiger partial charge in [0.15, 0.2) is 0 Å². The zero-order valence-electron chi connectivity index (χ0n) is 11.1. The van der Waals surface area contributed by atoms with Crippen molar-refractivity contribution < 1.29 is 13.2 Å². The fourth-order valence-electron chi connectivity index (χ4n) is 2.64. The van der Waals surface area contributed by atoms with E-state index < -0.39 is 10.0 Å². The topological polar surface area (TPSA) is 78.5 Å². The Kier molecular flexibility index (Phi) is 6.04. The van der Waals surface area contributed by atoms with Crippen molar-refractivity contribution in [1.82, 2.24) is 14.9 Å². The van der Waals surface area contributed by atoms with E-state index in [1.54, 1.807) is 0 Å². The second kappa shape index (κ2) is 6.88. The number of piperidine rings is 1. The smallest absolute Gasteiger partial charge is 0.223 e. The maximum atomic E-state index is 12.0. The molecule has 6 nitrogen and oxygen atoms in total. The van der Waals surface area contributed by atoms with Crippen LogP contribution in [0.2, 0.25) is 0 Å². The van der Waals surface area contributed by atoms with Crippen LogP contribution >= 0.6 is 12.4 Å². The van der Waals surface area contributed by atoms with Gasteiger partial charge in [0, 0.05) is 32.1 Å².